The van der Waals surface area contributed by atoms with Crippen molar-refractivity contribution in [2.24, 2.45) is 0 Å². The lowest BCUT2D eigenvalue weighted by atomic mass is 10.0. The van der Waals surface area contributed by atoms with E-state index < -0.39 is 30.8 Å². The van der Waals surface area contributed by atoms with Gasteiger partial charge in [0.25, 0.3) is 9.05 Å². The van der Waals surface area contributed by atoms with E-state index in [1.807, 2.05) is 0 Å². The molecule has 0 unspecified atom stereocenters. The molecule has 0 spiro atoms. The van der Waals surface area contributed by atoms with Crippen LogP contribution in [0.25, 0.3) is 32.9 Å². The van der Waals surface area contributed by atoms with E-state index in [0.29, 0.717) is 35.0 Å². The molecule has 42 heavy (non-hydrogen) atoms. The van der Waals surface area contributed by atoms with Crippen LogP contribution in [0, 0.1) is 0 Å². The van der Waals surface area contributed by atoms with E-state index in [-0.39, 0.29) is 33.9 Å². The van der Waals surface area contributed by atoms with Crippen LogP contribution in [-0.2, 0) is 23.8 Å². The lowest BCUT2D eigenvalue weighted by molar-refractivity contribution is 0.0295. The number of carbonyl (C=O) groups excluding carboxylic acids is 1. The third kappa shape index (κ3) is 5.13. The minimum atomic E-state index is -4.19. The number of nitrogens with zero attached hydrogens (tertiary/aromatic N) is 4. The van der Waals surface area contributed by atoms with Crippen LogP contribution in [-0.4, -0.2) is 73.9 Å². The second-order valence-electron chi connectivity index (χ2n) is 11.3. The summed E-state index contributed by atoms with van der Waals surface area (Å²) in [7, 11) is -2.27. The maximum Gasteiger partial charge on any atom is 0.410 e. The number of benzene rings is 2. The zero-order valence-electron chi connectivity index (χ0n) is 23.0. The summed E-state index contributed by atoms with van der Waals surface area (Å²) in [4.78, 5) is 22.7. The van der Waals surface area contributed by atoms with Gasteiger partial charge in [0.15, 0.2) is 0 Å². The van der Waals surface area contributed by atoms with Crippen LogP contribution < -0.4 is 0 Å². The fourth-order valence-corrected chi connectivity index (χ4v) is 8.30. The summed E-state index contributed by atoms with van der Waals surface area (Å²) in [5, 5.41) is 1.13. The SMILES string of the molecule is CC(C)(C)OC(=O)N1CC2=C(C1)CN(S(=O)(=O)c1cccc3cc(-c4ccc5cccnc5c4S(=O)(=O)Cl)cnc13)C2. The predicted molar refractivity (Wildman–Crippen MR) is 159 cm³/mol. The molecule has 2 aliphatic rings. The fraction of sp³-hybridized carbons (Fsp3) is 0.276. The Kier molecular flexibility index (Phi) is 6.80. The summed E-state index contributed by atoms with van der Waals surface area (Å²) in [6, 6.07) is 13.4. The van der Waals surface area contributed by atoms with Crippen molar-refractivity contribution in [3.05, 3.63) is 72.1 Å². The van der Waals surface area contributed by atoms with E-state index in [2.05, 4.69) is 9.97 Å². The Balaban J connectivity index is 1.31. The highest BCUT2D eigenvalue weighted by Crippen LogP contribution is 2.37. The van der Waals surface area contributed by atoms with Gasteiger partial charge in [-0.1, -0.05) is 30.3 Å². The molecule has 0 atom stereocenters. The Bertz CT molecular complexity index is 2020. The van der Waals surface area contributed by atoms with E-state index in [1.165, 1.54) is 22.8 Å². The molecule has 6 rings (SSSR count). The molecule has 0 bridgehead atoms. The molecular formula is C29H27ClN4O6S2. The Hall–Kier alpha value is -3.58. The normalized spacial score (nSPS) is 16.4. The monoisotopic (exact) mass is 626 g/mol. The maximum absolute atomic E-state index is 13.8. The number of amides is 1. The number of halogens is 1. The largest absolute Gasteiger partial charge is 0.444 e. The summed E-state index contributed by atoms with van der Waals surface area (Å²) >= 11 is 0. The molecule has 0 aliphatic carbocycles. The third-order valence-corrected chi connectivity index (χ3v) is 10.4. The molecule has 4 aromatic rings. The topological polar surface area (TPSA) is 127 Å². The van der Waals surface area contributed by atoms with Gasteiger partial charge in [0.05, 0.1) is 11.0 Å². The zero-order valence-corrected chi connectivity index (χ0v) is 25.4. The van der Waals surface area contributed by atoms with E-state index in [0.717, 1.165) is 11.1 Å². The van der Waals surface area contributed by atoms with Crippen LogP contribution in [0.1, 0.15) is 20.8 Å². The molecular weight excluding hydrogens is 600 g/mol. The summed E-state index contributed by atoms with van der Waals surface area (Å²) in [5.74, 6) is 0. The number of para-hydroxylation sites is 1. The first-order chi connectivity index (χ1) is 19.7. The highest BCUT2D eigenvalue weighted by molar-refractivity contribution is 8.14. The van der Waals surface area contributed by atoms with Crippen molar-refractivity contribution in [3.8, 4) is 11.1 Å². The lowest BCUT2D eigenvalue weighted by Gasteiger charge is -2.26. The van der Waals surface area contributed by atoms with Crippen LogP contribution in [0.5, 0.6) is 0 Å². The second-order valence-corrected chi connectivity index (χ2v) is 15.7. The van der Waals surface area contributed by atoms with Gasteiger partial charge in [-0.15, -0.1) is 0 Å². The average Bonchev–Trinajstić information content (AvgIpc) is 3.51. The van der Waals surface area contributed by atoms with E-state index in [1.54, 1.807) is 68.1 Å². The summed E-state index contributed by atoms with van der Waals surface area (Å²) < 4.78 is 59.7. The van der Waals surface area contributed by atoms with Gasteiger partial charge in [0, 0.05) is 71.2 Å². The van der Waals surface area contributed by atoms with Gasteiger partial charge in [-0.05, 0) is 50.1 Å². The first-order valence-electron chi connectivity index (χ1n) is 13.1. The molecule has 0 radical (unpaired) electrons. The number of ether oxygens (including phenoxy) is 1. The van der Waals surface area contributed by atoms with Gasteiger partial charge in [-0.25, -0.2) is 21.6 Å². The molecule has 218 valence electrons. The number of sulfonamides is 1. The quantitative estimate of drug-likeness (QED) is 0.231. The molecule has 10 nitrogen and oxygen atoms in total. The van der Waals surface area contributed by atoms with Crippen LogP contribution in [0.2, 0.25) is 0 Å². The molecule has 1 amide bonds. The lowest BCUT2D eigenvalue weighted by Crippen LogP contribution is -2.39. The fourth-order valence-electron chi connectivity index (χ4n) is 5.39. The number of hydrogen-bond donors (Lipinski definition) is 0. The standard InChI is InChI=1S/C29H27ClN4O6S2/c1-29(2,3)40-28(35)33-14-21-16-34(17-22(21)15-33)42(38,39)24-8-4-6-19-12-20(13-32-25(19)24)23-10-9-18-7-5-11-31-26(18)27(23)41(30,36)37/h4-13H,14-17H2,1-3H3. The van der Waals surface area contributed by atoms with Gasteiger partial charge in [0.2, 0.25) is 10.0 Å². The van der Waals surface area contributed by atoms with Crippen molar-refractivity contribution in [2.45, 2.75) is 36.2 Å². The van der Waals surface area contributed by atoms with Crippen LogP contribution >= 0.6 is 10.7 Å². The van der Waals surface area contributed by atoms with E-state index in [4.69, 9.17) is 15.4 Å². The van der Waals surface area contributed by atoms with Crippen molar-refractivity contribution >= 4 is 57.7 Å². The van der Waals surface area contributed by atoms with Crippen LogP contribution in [0.4, 0.5) is 4.79 Å². The van der Waals surface area contributed by atoms with Crippen molar-refractivity contribution in [2.75, 3.05) is 26.2 Å². The predicted octanol–water partition coefficient (Wildman–Crippen LogP) is 4.93. The van der Waals surface area contributed by atoms with Gasteiger partial charge in [-0.2, -0.15) is 4.31 Å². The minimum Gasteiger partial charge on any atom is -0.444 e. The average molecular weight is 627 g/mol. The Morgan fingerprint density at radius 1 is 0.881 bits per heavy atom. The maximum atomic E-state index is 13.8. The third-order valence-electron chi connectivity index (χ3n) is 7.22. The molecule has 0 fully saturated rings. The van der Waals surface area contributed by atoms with Crippen molar-refractivity contribution in [1.29, 1.82) is 0 Å². The summed E-state index contributed by atoms with van der Waals surface area (Å²) in [5.41, 5.74) is 2.42. The van der Waals surface area contributed by atoms with Crippen LogP contribution in [0.3, 0.4) is 0 Å². The number of fused-ring (bicyclic) bond motifs is 2. The van der Waals surface area contributed by atoms with Gasteiger partial charge < -0.3 is 9.64 Å². The van der Waals surface area contributed by atoms with E-state index >= 15 is 0 Å². The van der Waals surface area contributed by atoms with Gasteiger partial charge in [0.1, 0.15) is 15.4 Å². The highest BCUT2D eigenvalue weighted by atomic mass is 35.7. The molecule has 0 saturated heterocycles. The molecule has 4 heterocycles. The Morgan fingerprint density at radius 3 is 2.24 bits per heavy atom. The van der Waals surface area contributed by atoms with Crippen molar-refractivity contribution < 1.29 is 26.4 Å². The smallest absolute Gasteiger partial charge is 0.410 e. The zero-order chi connectivity index (χ0) is 30.0. The summed E-state index contributed by atoms with van der Waals surface area (Å²) in [6.45, 7) is 6.39. The summed E-state index contributed by atoms with van der Waals surface area (Å²) in [6.07, 6.45) is 2.51. The van der Waals surface area contributed by atoms with Gasteiger partial charge >= 0.3 is 6.09 Å². The van der Waals surface area contributed by atoms with Crippen molar-refractivity contribution in [3.63, 3.8) is 0 Å². The molecule has 2 aromatic heterocycles. The molecule has 13 heteroatoms. The first-order valence-corrected chi connectivity index (χ1v) is 16.9. The van der Waals surface area contributed by atoms with Crippen LogP contribution in [0.15, 0.2) is 81.9 Å². The Morgan fingerprint density at radius 2 is 1.57 bits per heavy atom. The number of aromatic nitrogens is 2. The Labute approximate surface area is 248 Å². The molecule has 2 aromatic carbocycles. The number of pyridine rings is 2. The second kappa shape index (κ2) is 10.0. The number of carbonyl (C=O) groups is 1. The molecule has 0 saturated carbocycles. The first kappa shape index (κ1) is 28.5. The number of rotatable bonds is 4. The van der Waals surface area contributed by atoms with Crippen molar-refractivity contribution in [1.82, 2.24) is 19.2 Å². The molecule has 0 N–H and O–H groups in total. The highest BCUT2D eigenvalue weighted by Gasteiger charge is 2.39. The molecule has 2 aliphatic heterocycles. The number of hydrogen-bond acceptors (Lipinski definition) is 8. The van der Waals surface area contributed by atoms with E-state index in [9.17, 15) is 21.6 Å². The van der Waals surface area contributed by atoms with Gasteiger partial charge in [-0.3, -0.25) is 9.97 Å². The minimum absolute atomic E-state index is 0.0436.